The minimum Gasteiger partial charge on any atom is -0.480 e. The van der Waals surface area contributed by atoms with E-state index in [-0.39, 0.29) is 19.2 Å². The van der Waals surface area contributed by atoms with Crippen LogP contribution in [-0.4, -0.2) is 35.2 Å². The number of carboxylic acid groups (broad SMARTS) is 1. The molecule has 0 radical (unpaired) electrons. The lowest BCUT2D eigenvalue weighted by molar-refractivity contribution is -0.137. The van der Waals surface area contributed by atoms with E-state index in [1.807, 2.05) is 0 Å². The van der Waals surface area contributed by atoms with Crippen molar-refractivity contribution in [1.82, 2.24) is 4.90 Å². The Hall–Kier alpha value is -1.46. The molecule has 0 saturated carbocycles. The highest BCUT2D eigenvalue weighted by Gasteiger charge is 2.17. The molecule has 0 fully saturated rings. The second-order valence-corrected chi connectivity index (χ2v) is 1.80. The molecule has 0 atom stereocenters. The third-order valence-electron chi connectivity index (χ3n) is 1.02. The van der Waals surface area contributed by atoms with E-state index in [0.29, 0.717) is 0 Å². The van der Waals surface area contributed by atoms with Crippen molar-refractivity contribution in [3.63, 3.8) is 0 Å². The molecule has 1 rings (SSSR count). The number of rotatable bonds is 2. The van der Waals surface area contributed by atoms with Crippen LogP contribution in [0.4, 0.5) is 0 Å². The van der Waals surface area contributed by atoms with Crippen molar-refractivity contribution in [2.45, 2.75) is 0 Å². The van der Waals surface area contributed by atoms with Crippen molar-refractivity contribution in [2.24, 2.45) is 10.9 Å². The van der Waals surface area contributed by atoms with Gasteiger partial charge in [0.2, 0.25) is 5.96 Å². The molecule has 6 heteroatoms. The monoisotopic (exact) mass is 145 g/mol. The molecule has 0 aromatic heterocycles. The summed E-state index contributed by atoms with van der Waals surface area (Å²) < 4.78 is 0. The third-order valence-corrected chi connectivity index (χ3v) is 1.02. The van der Waals surface area contributed by atoms with Crippen LogP contribution in [0.2, 0.25) is 0 Å². The normalized spacial score (nSPS) is 16.4. The Kier molecular flexibility index (Phi) is 1.61. The zero-order valence-electron chi connectivity index (χ0n) is 5.15. The molecule has 0 spiro atoms. The molecule has 56 valence electrons. The molecule has 3 N–H and O–H groups in total. The SMILES string of the molecule is NC1=NOCN1CC(=O)O. The molecule has 1 aliphatic rings. The molecule has 10 heavy (non-hydrogen) atoms. The van der Waals surface area contributed by atoms with Crippen molar-refractivity contribution < 1.29 is 14.7 Å². The second kappa shape index (κ2) is 2.42. The van der Waals surface area contributed by atoms with Crippen molar-refractivity contribution in [1.29, 1.82) is 0 Å². The summed E-state index contributed by atoms with van der Waals surface area (Å²) in [6.07, 6.45) is 0. The van der Waals surface area contributed by atoms with Crippen LogP contribution >= 0.6 is 0 Å². The number of hydrogen-bond acceptors (Lipinski definition) is 5. The summed E-state index contributed by atoms with van der Waals surface area (Å²) in [5.41, 5.74) is 5.21. The Balaban J connectivity index is 2.43. The van der Waals surface area contributed by atoms with E-state index in [4.69, 9.17) is 10.8 Å². The summed E-state index contributed by atoms with van der Waals surface area (Å²) in [5, 5.41) is 11.6. The van der Waals surface area contributed by atoms with Gasteiger partial charge in [-0.25, -0.2) is 0 Å². The Morgan fingerprint density at radius 3 is 3.10 bits per heavy atom. The van der Waals surface area contributed by atoms with Crippen molar-refractivity contribution in [3.8, 4) is 0 Å². The second-order valence-electron chi connectivity index (χ2n) is 1.80. The van der Waals surface area contributed by atoms with Gasteiger partial charge in [0.1, 0.15) is 6.54 Å². The summed E-state index contributed by atoms with van der Waals surface area (Å²) in [6, 6.07) is 0. The van der Waals surface area contributed by atoms with E-state index in [0.717, 1.165) is 0 Å². The van der Waals surface area contributed by atoms with Crippen LogP contribution < -0.4 is 5.73 Å². The number of guanidine groups is 1. The van der Waals surface area contributed by atoms with E-state index in [9.17, 15) is 4.79 Å². The summed E-state index contributed by atoms with van der Waals surface area (Å²) >= 11 is 0. The number of nitrogens with two attached hydrogens (primary N) is 1. The fourth-order valence-electron chi connectivity index (χ4n) is 0.578. The van der Waals surface area contributed by atoms with Gasteiger partial charge < -0.3 is 15.7 Å². The Labute approximate surface area is 56.8 Å². The molecular weight excluding hydrogens is 138 g/mol. The van der Waals surface area contributed by atoms with Gasteiger partial charge in [-0.1, -0.05) is 0 Å². The average Bonchev–Trinajstić information content (AvgIpc) is 2.15. The van der Waals surface area contributed by atoms with Gasteiger partial charge in [0.05, 0.1) is 0 Å². The maximum atomic E-state index is 10.1. The van der Waals surface area contributed by atoms with E-state index >= 15 is 0 Å². The van der Waals surface area contributed by atoms with Gasteiger partial charge in [-0.2, -0.15) is 0 Å². The van der Waals surface area contributed by atoms with Crippen LogP contribution in [0.1, 0.15) is 0 Å². The van der Waals surface area contributed by atoms with Crippen LogP contribution in [0.25, 0.3) is 0 Å². The van der Waals surface area contributed by atoms with Gasteiger partial charge >= 0.3 is 5.97 Å². The lowest BCUT2D eigenvalue weighted by Gasteiger charge is -2.09. The highest BCUT2D eigenvalue weighted by molar-refractivity contribution is 5.82. The molecule has 1 aliphatic heterocycles. The maximum absolute atomic E-state index is 10.1. The van der Waals surface area contributed by atoms with Crippen LogP contribution in [0.3, 0.4) is 0 Å². The summed E-state index contributed by atoms with van der Waals surface area (Å²) in [4.78, 5) is 15.9. The van der Waals surface area contributed by atoms with Crippen molar-refractivity contribution >= 4 is 11.9 Å². The minimum absolute atomic E-state index is 0.113. The van der Waals surface area contributed by atoms with Gasteiger partial charge in [-0.3, -0.25) is 9.69 Å². The van der Waals surface area contributed by atoms with E-state index in [1.165, 1.54) is 4.90 Å². The predicted octanol–water partition coefficient (Wildman–Crippen LogP) is -1.41. The molecule has 0 amide bonds. The summed E-state index contributed by atoms with van der Waals surface area (Å²) in [6.45, 7) is -0.0481. The lowest BCUT2D eigenvalue weighted by atomic mass is 10.6. The first-order chi connectivity index (χ1) is 4.70. The molecular formula is C4H7N3O3. The number of carbonyl (C=O) groups is 1. The zero-order chi connectivity index (χ0) is 7.56. The minimum atomic E-state index is -0.955. The first-order valence-electron chi connectivity index (χ1n) is 2.62. The highest BCUT2D eigenvalue weighted by atomic mass is 16.7. The Morgan fingerprint density at radius 1 is 2.00 bits per heavy atom. The predicted molar refractivity (Wildman–Crippen MR) is 31.9 cm³/mol. The molecule has 0 aromatic carbocycles. The Bertz CT molecular complexity index is 179. The maximum Gasteiger partial charge on any atom is 0.323 e. The van der Waals surface area contributed by atoms with Crippen molar-refractivity contribution in [2.75, 3.05) is 13.3 Å². The van der Waals surface area contributed by atoms with Crippen LogP contribution in [0.15, 0.2) is 5.16 Å². The molecule has 0 saturated heterocycles. The number of carboxylic acids is 1. The lowest BCUT2D eigenvalue weighted by Crippen LogP contribution is -2.37. The zero-order valence-corrected chi connectivity index (χ0v) is 5.15. The van der Waals surface area contributed by atoms with Gasteiger partial charge in [0, 0.05) is 0 Å². The topological polar surface area (TPSA) is 88.2 Å². The molecule has 0 unspecified atom stereocenters. The first kappa shape index (κ1) is 6.66. The Morgan fingerprint density at radius 2 is 2.70 bits per heavy atom. The van der Waals surface area contributed by atoms with Gasteiger partial charge in [0.15, 0.2) is 6.73 Å². The standard InChI is InChI=1S/C4H7N3O3/c5-4-6-10-2-7(4)1-3(8)9/h1-2H2,(H2,5,6)(H,8,9). The molecule has 0 aromatic rings. The average molecular weight is 145 g/mol. The summed E-state index contributed by atoms with van der Waals surface area (Å²) in [7, 11) is 0. The molecule has 0 bridgehead atoms. The van der Waals surface area contributed by atoms with Crippen molar-refractivity contribution in [3.05, 3.63) is 0 Å². The number of nitrogens with zero attached hydrogens (tertiary/aromatic N) is 2. The number of hydrogen-bond donors (Lipinski definition) is 2. The fourth-order valence-corrected chi connectivity index (χ4v) is 0.578. The van der Waals surface area contributed by atoms with Gasteiger partial charge in [-0.05, 0) is 5.16 Å². The van der Waals surface area contributed by atoms with Gasteiger partial charge in [-0.15, -0.1) is 0 Å². The number of oxime groups is 1. The fraction of sp³-hybridized carbons (Fsp3) is 0.500. The van der Waals surface area contributed by atoms with Crippen LogP contribution in [-0.2, 0) is 9.63 Å². The first-order valence-corrected chi connectivity index (χ1v) is 2.62. The van der Waals surface area contributed by atoms with Crippen LogP contribution in [0.5, 0.6) is 0 Å². The molecule has 6 nitrogen and oxygen atoms in total. The third kappa shape index (κ3) is 1.28. The molecule has 0 aliphatic carbocycles. The van der Waals surface area contributed by atoms with E-state index < -0.39 is 5.97 Å². The molecule has 1 heterocycles. The highest BCUT2D eigenvalue weighted by Crippen LogP contribution is 1.97. The largest absolute Gasteiger partial charge is 0.480 e. The van der Waals surface area contributed by atoms with E-state index in [2.05, 4.69) is 9.99 Å². The van der Waals surface area contributed by atoms with Gasteiger partial charge in [0.25, 0.3) is 0 Å². The quantitative estimate of drug-likeness (QED) is 0.498. The van der Waals surface area contributed by atoms with E-state index in [1.54, 1.807) is 0 Å². The summed E-state index contributed by atoms with van der Waals surface area (Å²) in [5.74, 6) is -0.842. The smallest absolute Gasteiger partial charge is 0.323 e. The van der Waals surface area contributed by atoms with Crippen LogP contribution in [0, 0.1) is 0 Å². The number of aliphatic carboxylic acids is 1.